The Labute approximate surface area is 296 Å². The van der Waals surface area contributed by atoms with Gasteiger partial charge in [0, 0.05) is 17.3 Å². The van der Waals surface area contributed by atoms with E-state index in [0.29, 0.717) is 0 Å². The Morgan fingerprint density at radius 3 is 1.55 bits per heavy atom. The molecule has 0 N–H and O–H groups in total. The summed E-state index contributed by atoms with van der Waals surface area (Å²) in [7, 11) is 0. The molecule has 10 aromatic rings. The summed E-state index contributed by atoms with van der Waals surface area (Å²) in [4.78, 5) is 7.16. The maximum Gasteiger partial charge on any atom is 0.137 e. The van der Waals surface area contributed by atoms with Crippen LogP contribution in [0.3, 0.4) is 0 Å². The van der Waals surface area contributed by atoms with E-state index in [4.69, 9.17) is 4.98 Å². The summed E-state index contributed by atoms with van der Waals surface area (Å²) in [5.74, 6) is 0.876. The highest BCUT2D eigenvalue weighted by Crippen LogP contribution is 2.46. The van der Waals surface area contributed by atoms with Crippen molar-refractivity contribution in [2.45, 2.75) is 0 Å². The highest BCUT2D eigenvalue weighted by Gasteiger charge is 2.20. The Hall–Kier alpha value is -6.77. The van der Waals surface area contributed by atoms with Gasteiger partial charge in [0.15, 0.2) is 0 Å². The van der Waals surface area contributed by atoms with Crippen LogP contribution in [0.15, 0.2) is 194 Å². The summed E-state index contributed by atoms with van der Waals surface area (Å²) in [5.41, 5.74) is 7.13. The first kappa shape index (κ1) is 29.2. The van der Waals surface area contributed by atoms with Crippen LogP contribution in [0.4, 0.5) is 17.2 Å². The first-order valence-electron chi connectivity index (χ1n) is 17.5. The van der Waals surface area contributed by atoms with Gasteiger partial charge in [-0.15, -0.1) is 0 Å². The molecule has 2 heteroatoms. The molecule has 0 radical (unpaired) electrons. The number of pyridine rings is 1. The van der Waals surface area contributed by atoms with Gasteiger partial charge in [0.1, 0.15) is 5.82 Å². The standard InChI is InChI=1S/C49H32N2/c1-3-17-37-33(14-1)16-13-25-41(37)49-44-23-9-7-21-42(44)48(43-22-8-10-24-45(43)49)34-27-29-36(30-28-34)51(47-26-11-12-31-50-47)46-32-35-15-2-4-18-38(35)39-19-5-6-20-40(39)46/h1-32H. The van der Waals surface area contributed by atoms with Crippen LogP contribution in [0.1, 0.15) is 0 Å². The second-order valence-corrected chi connectivity index (χ2v) is 13.1. The first-order valence-corrected chi connectivity index (χ1v) is 17.5. The number of benzene rings is 9. The highest BCUT2D eigenvalue weighted by molar-refractivity contribution is 6.23. The van der Waals surface area contributed by atoms with Crippen LogP contribution in [-0.4, -0.2) is 4.98 Å². The van der Waals surface area contributed by atoms with Crippen molar-refractivity contribution in [1.29, 1.82) is 0 Å². The second kappa shape index (κ2) is 12.0. The van der Waals surface area contributed by atoms with Gasteiger partial charge in [-0.2, -0.15) is 0 Å². The lowest BCUT2D eigenvalue weighted by Gasteiger charge is -2.27. The minimum Gasteiger partial charge on any atom is -0.294 e. The topological polar surface area (TPSA) is 16.1 Å². The summed E-state index contributed by atoms with van der Waals surface area (Å²) >= 11 is 0. The molecule has 0 fully saturated rings. The Morgan fingerprint density at radius 2 is 0.882 bits per heavy atom. The minimum absolute atomic E-state index is 0.876. The lowest BCUT2D eigenvalue weighted by molar-refractivity contribution is 1.19. The van der Waals surface area contributed by atoms with Crippen molar-refractivity contribution in [2.24, 2.45) is 0 Å². The molecule has 51 heavy (non-hydrogen) atoms. The van der Waals surface area contributed by atoms with Crippen molar-refractivity contribution in [3.63, 3.8) is 0 Å². The second-order valence-electron chi connectivity index (χ2n) is 13.1. The average Bonchev–Trinajstić information content (AvgIpc) is 3.21. The Bertz CT molecular complexity index is 2850. The predicted octanol–water partition coefficient (Wildman–Crippen LogP) is 13.7. The van der Waals surface area contributed by atoms with Crippen molar-refractivity contribution < 1.29 is 0 Å². The maximum atomic E-state index is 4.87. The molecule has 0 saturated heterocycles. The van der Waals surface area contributed by atoms with E-state index < -0.39 is 0 Å². The Morgan fingerprint density at radius 1 is 0.353 bits per heavy atom. The zero-order valence-corrected chi connectivity index (χ0v) is 27.9. The Kier molecular flexibility index (Phi) is 6.85. The molecule has 238 valence electrons. The number of aromatic nitrogens is 1. The largest absolute Gasteiger partial charge is 0.294 e. The molecule has 0 saturated carbocycles. The van der Waals surface area contributed by atoms with Crippen molar-refractivity contribution in [2.75, 3.05) is 4.90 Å². The summed E-state index contributed by atoms with van der Waals surface area (Å²) in [6, 6.07) is 67.9. The predicted molar refractivity (Wildman–Crippen MR) is 217 cm³/mol. The smallest absolute Gasteiger partial charge is 0.137 e. The van der Waals surface area contributed by atoms with E-state index in [9.17, 15) is 0 Å². The lowest BCUT2D eigenvalue weighted by atomic mass is 9.85. The van der Waals surface area contributed by atoms with Gasteiger partial charge in [-0.1, -0.05) is 158 Å². The van der Waals surface area contributed by atoms with Crippen LogP contribution >= 0.6 is 0 Å². The van der Waals surface area contributed by atoms with E-state index in [-0.39, 0.29) is 0 Å². The molecule has 2 nitrogen and oxygen atoms in total. The Balaban J connectivity index is 1.19. The van der Waals surface area contributed by atoms with E-state index in [1.807, 2.05) is 12.3 Å². The van der Waals surface area contributed by atoms with Crippen LogP contribution in [-0.2, 0) is 0 Å². The maximum absolute atomic E-state index is 4.87. The third-order valence-corrected chi connectivity index (χ3v) is 10.3. The van der Waals surface area contributed by atoms with Gasteiger partial charge in [0.2, 0.25) is 0 Å². The number of hydrogen-bond donors (Lipinski definition) is 0. The molecule has 10 rings (SSSR count). The minimum atomic E-state index is 0.876. The first-order chi connectivity index (χ1) is 25.3. The van der Waals surface area contributed by atoms with E-state index >= 15 is 0 Å². The molecule has 0 unspecified atom stereocenters. The highest BCUT2D eigenvalue weighted by atomic mass is 15.2. The zero-order valence-electron chi connectivity index (χ0n) is 27.9. The molecule has 0 bridgehead atoms. The van der Waals surface area contributed by atoms with E-state index in [1.165, 1.54) is 76.1 Å². The average molecular weight is 649 g/mol. The van der Waals surface area contributed by atoms with Crippen LogP contribution in [0.25, 0.3) is 76.1 Å². The van der Waals surface area contributed by atoms with Crippen molar-refractivity contribution >= 4 is 71.1 Å². The van der Waals surface area contributed by atoms with E-state index in [2.05, 4.69) is 187 Å². The fraction of sp³-hybridized carbons (Fsp3) is 0. The molecule has 0 amide bonds. The summed E-state index contributed by atoms with van der Waals surface area (Å²) in [6.45, 7) is 0. The number of nitrogens with zero attached hydrogens (tertiary/aromatic N) is 2. The van der Waals surface area contributed by atoms with Gasteiger partial charge >= 0.3 is 0 Å². The molecule has 1 aromatic heterocycles. The third-order valence-electron chi connectivity index (χ3n) is 10.3. The van der Waals surface area contributed by atoms with Crippen LogP contribution in [0.5, 0.6) is 0 Å². The molecular weight excluding hydrogens is 617 g/mol. The third kappa shape index (κ3) is 4.76. The molecule has 0 spiro atoms. The molecule has 0 aliphatic carbocycles. The van der Waals surface area contributed by atoms with Gasteiger partial charge in [-0.05, 0) is 101 Å². The van der Waals surface area contributed by atoms with Crippen LogP contribution in [0.2, 0.25) is 0 Å². The van der Waals surface area contributed by atoms with Crippen molar-refractivity contribution in [3.8, 4) is 22.3 Å². The lowest BCUT2D eigenvalue weighted by Crippen LogP contribution is -2.12. The zero-order chi connectivity index (χ0) is 33.7. The van der Waals surface area contributed by atoms with Crippen LogP contribution in [0, 0.1) is 0 Å². The molecular formula is C49H32N2. The SMILES string of the molecule is c1ccc(N(c2ccc(-c3c4ccccc4c(-c4cccc5ccccc45)c4ccccc34)cc2)c2cc3ccccc3c3ccccc23)nc1. The quantitative estimate of drug-likeness (QED) is 0.136. The summed E-state index contributed by atoms with van der Waals surface area (Å²) < 4.78 is 0. The van der Waals surface area contributed by atoms with E-state index in [0.717, 1.165) is 17.2 Å². The number of hydrogen-bond acceptors (Lipinski definition) is 2. The normalized spacial score (nSPS) is 11.5. The summed E-state index contributed by atoms with van der Waals surface area (Å²) in [6.07, 6.45) is 1.87. The monoisotopic (exact) mass is 648 g/mol. The molecule has 0 aliphatic heterocycles. The van der Waals surface area contributed by atoms with Crippen molar-refractivity contribution in [1.82, 2.24) is 4.98 Å². The number of fused-ring (bicyclic) bond motifs is 6. The summed E-state index contributed by atoms with van der Waals surface area (Å²) in [5, 5.41) is 12.4. The number of rotatable bonds is 5. The van der Waals surface area contributed by atoms with Gasteiger partial charge in [-0.25, -0.2) is 4.98 Å². The molecule has 0 aliphatic rings. The fourth-order valence-corrected chi connectivity index (χ4v) is 8.05. The number of anilines is 3. The van der Waals surface area contributed by atoms with Gasteiger partial charge in [-0.3, -0.25) is 4.90 Å². The van der Waals surface area contributed by atoms with Crippen LogP contribution < -0.4 is 4.90 Å². The molecule has 9 aromatic carbocycles. The van der Waals surface area contributed by atoms with Gasteiger partial charge < -0.3 is 0 Å². The van der Waals surface area contributed by atoms with E-state index in [1.54, 1.807) is 0 Å². The van der Waals surface area contributed by atoms with Gasteiger partial charge in [0.25, 0.3) is 0 Å². The van der Waals surface area contributed by atoms with Crippen molar-refractivity contribution in [3.05, 3.63) is 194 Å². The van der Waals surface area contributed by atoms with Gasteiger partial charge in [0.05, 0.1) is 5.69 Å². The molecule has 1 heterocycles. The fourth-order valence-electron chi connectivity index (χ4n) is 8.05. The molecule has 0 atom stereocenters.